The highest BCUT2D eigenvalue weighted by atomic mass is 32.2. The van der Waals surface area contributed by atoms with Crippen LogP contribution in [0.3, 0.4) is 0 Å². The van der Waals surface area contributed by atoms with Crippen LogP contribution < -0.4 is 10.3 Å². The number of fused-ring (bicyclic) bond motifs is 1. The van der Waals surface area contributed by atoms with Gasteiger partial charge in [-0.05, 0) is 65.3 Å². The fourth-order valence-corrected chi connectivity index (χ4v) is 5.25. The van der Waals surface area contributed by atoms with E-state index in [1.165, 1.54) is 0 Å². The van der Waals surface area contributed by atoms with Crippen molar-refractivity contribution in [2.24, 2.45) is 5.92 Å². The monoisotopic (exact) mass is 462 g/mol. The Labute approximate surface area is 194 Å². The summed E-state index contributed by atoms with van der Waals surface area (Å²) < 4.78 is 26.5. The van der Waals surface area contributed by atoms with Gasteiger partial charge < -0.3 is 4.90 Å². The van der Waals surface area contributed by atoms with E-state index in [1.54, 1.807) is 35.2 Å². The number of hydrazine groups is 1. The van der Waals surface area contributed by atoms with E-state index in [1.807, 2.05) is 30.3 Å². The summed E-state index contributed by atoms with van der Waals surface area (Å²) >= 11 is 0. The number of nitrogens with one attached hydrogen (secondary N) is 2. The fourth-order valence-electron chi connectivity index (χ4n) is 4.16. The van der Waals surface area contributed by atoms with Gasteiger partial charge in [0.1, 0.15) is 0 Å². The van der Waals surface area contributed by atoms with Crippen LogP contribution in [0.15, 0.2) is 65.6 Å². The topological polar surface area (TPSA) is 102 Å². The number of piperidine rings is 1. The first-order valence-electron chi connectivity index (χ1n) is 10.9. The Balaban J connectivity index is 1.64. The second-order valence-corrected chi connectivity index (χ2v) is 10.1. The SMILES string of the molecule is CC1CCN(C(=O)NNS(=O)(=O)c2ccc3ccccc3c2Cc2cccc(C#N)c2)CC1. The molecule has 0 atom stereocenters. The predicted octanol–water partition coefficient (Wildman–Crippen LogP) is 3.94. The molecule has 4 rings (SSSR count). The lowest BCUT2D eigenvalue weighted by molar-refractivity contribution is 0.172. The zero-order chi connectivity index (χ0) is 23.4. The summed E-state index contributed by atoms with van der Waals surface area (Å²) in [6, 6.07) is 19.7. The van der Waals surface area contributed by atoms with E-state index in [4.69, 9.17) is 0 Å². The van der Waals surface area contributed by atoms with Gasteiger partial charge in [-0.2, -0.15) is 5.26 Å². The molecule has 0 spiro atoms. The molecular formula is C25H26N4O3S. The van der Waals surface area contributed by atoms with Crippen molar-refractivity contribution >= 4 is 26.8 Å². The number of carbonyl (C=O) groups excluding carboxylic acids is 1. The molecule has 1 heterocycles. The average Bonchev–Trinajstić information content (AvgIpc) is 2.83. The maximum atomic E-state index is 13.3. The second-order valence-electron chi connectivity index (χ2n) is 8.46. The number of amides is 2. The van der Waals surface area contributed by atoms with Crippen LogP contribution in [0, 0.1) is 17.2 Å². The van der Waals surface area contributed by atoms with Crippen LogP contribution in [-0.4, -0.2) is 32.4 Å². The minimum atomic E-state index is -4.04. The molecule has 1 aliphatic heterocycles. The van der Waals surface area contributed by atoms with Gasteiger partial charge in [0.05, 0.1) is 16.5 Å². The molecule has 1 fully saturated rings. The Kier molecular flexibility index (Phi) is 6.63. The van der Waals surface area contributed by atoms with Crippen molar-refractivity contribution in [3.8, 4) is 6.07 Å². The number of carbonyl (C=O) groups is 1. The number of urea groups is 1. The summed E-state index contributed by atoms with van der Waals surface area (Å²) in [5, 5.41) is 10.9. The van der Waals surface area contributed by atoms with Crippen LogP contribution in [-0.2, 0) is 16.4 Å². The van der Waals surface area contributed by atoms with Crippen LogP contribution in [0.25, 0.3) is 10.8 Å². The van der Waals surface area contributed by atoms with Gasteiger partial charge >= 0.3 is 6.03 Å². The molecular weight excluding hydrogens is 436 g/mol. The molecule has 0 bridgehead atoms. The normalized spacial score (nSPS) is 14.7. The molecule has 1 saturated heterocycles. The minimum Gasteiger partial charge on any atom is -0.324 e. The molecule has 2 N–H and O–H groups in total. The number of benzene rings is 3. The fraction of sp³-hybridized carbons (Fsp3) is 0.280. The molecule has 0 aromatic heterocycles. The van der Waals surface area contributed by atoms with Crippen LogP contribution in [0.2, 0.25) is 0 Å². The van der Waals surface area contributed by atoms with Crippen molar-refractivity contribution < 1.29 is 13.2 Å². The van der Waals surface area contributed by atoms with E-state index in [-0.39, 0.29) is 4.90 Å². The lowest BCUT2D eigenvalue weighted by atomic mass is 9.97. The third-order valence-electron chi connectivity index (χ3n) is 6.09. The predicted molar refractivity (Wildman–Crippen MR) is 127 cm³/mol. The number of hydrogen-bond donors (Lipinski definition) is 2. The molecule has 170 valence electrons. The van der Waals surface area contributed by atoms with Gasteiger partial charge in [0.2, 0.25) is 0 Å². The molecule has 0 saturated carbocycles. The largest absolute Gasteiger partial charge is 0.332 e. The van der Waals surface area contributed by atoms with Crippen LogP contribution >= 0.6 is 0 Å². The molecule has 8 heteroatoms. The highest BCUT2D eigenvalue weighted by Crippen LogP contribution is 2.28. The molecule has 0 unspecified atom stereocenters. The van der Waals surface area contributed by atoms with E-state index in [0.717, 1.165) is 29.2 Å². The summed E-state index contributed by atoms with van der Waals surface area (Å²) in [6.07, 6.45) is 2.12. The number of nitriles is 1. The van der Waals surface area contributed by atoms with Crippen molar-refractivity contribution in [2.75, 3.05) is 13.1 Å². The Bertz CT molecular complexity index is 1320. The van der Waals surface area contributed by atoms with E-state index in [9.17, 15) is 18.5 Å². The van der Waals surface area contributed by atoms with Gasteiger partial charge in [-0.15, -0.1) is 4.83 Å². The van der Waals surface area contributed by atoms with Gasteiger partial charge in [-0.1, -0.05) is 49.4 Å². The Morgan fingerprint density at radius 2 is 1.85 bits per heavy atom. The van der Waals surface area contributed by atoms with Crippen LogP contribution in [0.4, 0.5) is 4.79 Å². The highest BCUT2D eigenvalue weighted by Gasteiger charge is 2.24. The summed E-state index contributed by atoms with van der Waals surface area (Å²) in [5.74, 6) is 0.561. The smallest absolute Gasteiger partial charge is 0.324 e. The van der Waals surface area contributed by atoms with Crippen LogP contribution in [0.5, 0.6) is 0 Å². The van der Waals surface area contributed by atoms with E-state index >= 15 is 0 Å². The Hall–Kier alpha value is -3.41. The van der Waals surface area contributed by atoms with Gasteiger partial charge in [0.25, 0.3) is 10.0 Å². The summed E-state index contributed by atoms with van der Waals surface area (Å²) in [5.41, 5.74) is 4.32. The van der Waals surface area contributed by atoms with Crippen molar-refractivity contribution in [3.63, 3.8) is 0 Å². The van der Waals surface area contributed by atoms with Crippen LogP contribution in [0.1, 0.15) is 36.5 Å². The van der Waals surface area contributed by atoms with E-state index in [2.05, 4.69) is 23.2 Å². The third kappa shape index (κ3) is 5.16. The zero-order valence-corrected chi connectivity index (χ0v) is 19.2. The molecule has 0 aliphatic carbocycles. The first-order chi connectivity index (χ1) is 15.9. The minimum absolute atomic E-state index is 0.0936. The highest BCUT2D eigenvalue weighted by molar-refractivity contribution is 7.89. The molecule has 33 heavy (non-hydrogen) atoms. The molecule has 7 nitrogen and oxygen atoms in total. The second kappa shape index (κ2) is 9.61. The molecule has 0 radical (unpaired) electrons. The van der Waals surface area contributed by atoms with Crippen molar-refractivity contribution in [3.05, 3.63) is 77.4 Å². The number of likely N-dealkylation sites (tertiary alicyclic amines) is 1. The number of sulfonamides is 1. The maximum absolute atomic E-state index is 13.3. The summed E-state index contributed by atoms with van der Waals surface area (Å²) in [4.78, 5) is 16.5. The van der Waals surface area contributed by atoms with E-state index in [0.29, 0.717) is 36.6 Å². The number of rotatable bonds is 5. The van der Waals surface area contributed by atoms with Gasteiger partial charge in [-0.25, -0.2) is 13.2 Å². The molecule has 2 amide bonds. The van der Waals surface area contributed by atoms with Crippen molar-refractivity contribution in [2.45, 2.75) is 31.1 Å². The maximum Gasteiger partial charge on any atom is 0.332 e. The summed E-state index contributed by atoms with van der Waals surface area (Å²) in [6.45, 7) is 3.35. The Morgan fingerprint density at radius 1 is 1.09 bits per heavy atom. The van der Waals surface area contributed by atoms with Gasteiger partial charge in [0.15, 0.2) is 0 Å². The lowest BCUT2D eigenvalue weighted by Gasteiger charge is -2.30. The van der Waals surface area contributed by atoms with Crippen molar-refractivity contribution in [1.82, 2.24) is 15.2 Å². The lowest BCUT2D eigenvalue weighted by Crippen LogP contribution is -2.50. The standard InChI is InChI=1S/C25H26N4O3S/c1-18-11-13-29(14-12-18)25(30)27-28-33(31,32)24-10-9-21-7-2-3-8-22(21)23(24)16-19-5-4-6-20(15-19)17-26/h2-10,15,18,28H,11-14,16H2,1H3,(H,27,30). The summed E-state index contributed by atoms with van der Waals surface area (Å²) in [7, 11) is -4.04. The first-order valence-corrected chi connectivity index (χ1v) is 12.4. The van der Waals surface area contributed by atoms with Gasteiger partial charge in [0, 0.05) is 13.1 Å². The number of hydrogen-bond acceptors (Lipinski definition) is 4. The molecule has 3 aromatic carbocycles. The number of nitrogens with zero attached hydrogens (tertiary/aromatic N) is 2. The third-order valence-corrected chi connectivity index (χ3v) is 7.42. The first kappa shape index (κ1) is 22.8. The quantitative estimate of drug-likeness (QED) is 0.561. The van der Waals surface area contributed by atoms with Crippen molar-refractivity contribution in [1.29, 1.82) is 5.26 Å². The zero-order valence-electron chi connectivity index (χ0n) is 18.4. The van der Waals surface area contributed by atoms with E-state index < -0.39 is 16.1 Å². The average molecular weight is 463 g/mol. The molecule has 3 aromatic rings. The molecule has 1 aliphatic rings. The van der Waals surface area contributed by atoms with Gasteiger partial charge in [-0.3, -0.25) is 5.43 Å². The Morgan fingerprint density at radius 3 is 2.61 bits per heavy atom.